The Kier molecular flexibility index (Phi) is 8.23. The number of morpholine rings is 1. The number of ether oxygens (including phenoxy) is 1. The lowest BCUT2D eigenvalue weighted by molar-refractivity contribution is -0.136. The first-order valence-corrected chi connectivity index (χ1v) is 13.9. The number of amides is 2. The van der Waals surface area contributed by atoms with Gasteiger partial charge in [-0.05, 0) is 54.2 Å². The van der Waals surface area contributed by atoms with Crippen LogP contribution in [0.2, 0.25) is 0 Å². The van der Waals surface area contributed by atoms with Gasteiger partial charge in [-0.1, -0.05) is 38.1 Å². The van der Waals surface area contributed by atoms with Crippen LogP contribution in [0, 0.1) is 0 Å². The Balaban J connectivity index is 1.23. The van der Waals surface area contributed by atoms with Crippen molar-refractivity contribution >= 4 is 23.2 Å². The smallest absolute Gasteiger partial charge is 0.379 e. The number of carbonyl (C=O) groups excluding carboxylic acids is 1. The zero-order valence-electron chi connectivity index (χ0n) is 23.5. The minimum atomic E-state index is -4.65. The predicted octanol–water partition coefficient (Wildman–Crippen LogP) is 5.53. The highest BCUT2D eigenvalue weighted by atomic mass is 19.4. The number of halogens is 3. The SMILES string of the molecule is CC(C)(C)c1ccc(-n2cc(NC(=O)Nc3ccc(N4CCC(N5CCOCC5)CC4)cc3C(F)(F)F)nn2)cc1. The molecule has 0 atom stereocenters. The second kappa shape index (κ2) is 11.7. The van der Waals surface area contributed by atoms with E-state index in [-0.39, 0.29) is 16.9 Å². The first-order chi connectivity index (χ1) is 19.5. The highest BCUT2D eigenvalue weighted by molar-refractivity contribution is 5.99. The number of urea groups is 1. The van der Waals surface area contributed by atoms with E-state index >= 15 is 0 Å². The van der Waals surface area contributed by atoms with E-state index < -0.39 is 17.8 Å². The van der Waals surface area contributed by atoms with Crippen LogP contribution in [-0.4, -0.2) is 71.4 Å². The van der Waals surface area contributed by atoms with Crippen LogP contribution in [0.5, 0.6) is 0 Å². The van der Waals surface area contributed by atoms with Crippen molar-refractivity contribution in [1.82, 2.24) is 19.9 Å². The summed E-state index contributed by atoms with van der Waals surface area (Å²) in [5.74, 6) is 0.107. The molecule has 2 aliphatic rings. The molecule has 2 amide bonds. The maximum Gasteiger partial charge on any atom is 0.418 e. The number of rotatable bonds is 5. The number of hydrogen-bond donors (Lipinski definition) is 2. The Morgan fingerprint density at radius 1 is 0.927 bits per heavy atom. The fourth-order valence-corrected chi connectivity index (χ4v) is 5.34. The molecule has 1 aromatic heterocycles. The van der Waals surface area contributed by atoms with Crippen LogP contribution in [0.3, 0.4) is 0 Å². The molecule has 220 valence electrons. The van der Waals surface area contributed by atoms with E-state index in [1.807, 2.05) is 29.2 Å². The topological polar surface area (TPSA) is 87.6 Å². The summed E-state index contributed by atoms with van der Waals surface area (Å²) in [5.41, 5.74) is 1.16. The Hall–Kier alpha value is -3.64. The Labute approximate surface area is 237 Å². The van der Waals surface area contributed by atoms with Crippen molar-refractivity contribution in [2.24, 2.45) is 0 Å². The van der Waals surface area contributed by atoms with E-state index in [1.54, 1.807) is 6.07 Å². The zero-order chi connectivity index (χ0) is 29.2. The molecule has 0 spiro atoms. The Morgan fingerprint density at radius 3 is 2.22 bits per heavy atom. The number of carbonyl (C=O) groups is 1. The number of benzene rings is 2. The second-order valence-corrected chi connectivity index (χ2v) is 11.5. The average Bonchev–Trinajstić information content (AvgIpc) is 3.41. The largest absolute Gasteiger partial charge is 0.418 e. The molecule has 5 rings (SSSR count). The van der Waals surface area contributed by atoms with E-state index in [2.05, 4.69) is 46.6 Å². The molecular formula is C29H36F3N7O2. The lowest BCUT2D eigenvalue weighted by Crippen LogP contribution is -2.49. The zero-order valence-corrected chi connectivity index (χ0v) is 23.5. The maximum atomic E-state index is 14.0. The summed E-state index contributed by atoms with van der Waals surface area (Å²) in [5, 5.41) is 12.8. The van der Waals surface area contributed by atoms with Crippen molar-refractivity contribution in [2.75, 3.05) is 54.9 Å². The normalized spacial score (nSPS) is 17.5. The lowest BCUT2D eigenvalue weighted by atomic mass is 9.87. The molecule has 2 fully saturated rings. The number of hydrogen-bond acceptors (Lipinski definition) is 6. The van der Waals surface area contributed by atoms with Crippen molar-refractivity contribution < 1.29 is 22.7 Å². The number of anilines is 3. The van der Waals surface area contributed by atoms with Gasteiger partial charge in [0.2, 0.25) is 0 Å². The van der Waals surface area contributed by atoms with Crippen LogP contribution < -0.4 is 15.5 Å². The summed E-state index contributed by atoms with van der Waals surface area (Å²) in [6, 6.07) is 11.4. The van der Waals surface area contributed by atoms with Crippen LogP contribution in [0.15, 0.2) is 48.7 Å². The van der Waals surface area contributed by atoms with Crippen molar-refractivity contribution in [3.05, 3.63) is 59.8 Å². The van der Waals surface area contributed by atoms with Gasteiger partial charge in [-0.2, -0.15) is 13.2 Å². The summed E-state index contributed by atoms with van der Waals surface area (Å²) in [6.07, 6.45) is -1.39. The molecule has 0 bridgehead atoms. The van der Waals surface area contributed by atoms with Crippen LogP contribution in [0.4, 0.5) is 35.2 Å². The number of nitrogens with one attached hydrogen (secondary N) is 2. The monoisotopic (exact) mass is 571 g/mol. The number of aromatic nitrogens is 3. The molecule has 0 unspecified atom stereocenters. The summed E-state index contributed by atoms with van der Waals surface area (Å²) in [4.78, 5) is 17.0. The Morgan fingerprint density at radius 2 is 1.59 bits per heavy atom. The summed E-state index contributed by atoms with van der Waals surface area (Å²) >= 11 is 0. The molecule has 0 saturated carbocycles. The quantitative estimate of drug-likeness (QED) is 0.419. The molecular weight excluding hydrogens is 535 g/mol. The lowest BCUT2D eigenvalue weighted by Gasteiger charge is -2.41. The van der Waals surface area contributed by atoms with Gasteiger partial charge in [0, 0.05) is 37.9 Å². The van der Waals surface area contributed by atoms with Gasteiger partial charge in [-0.25, -0.2) is 9.48 Å². The van der Waals surface area contributed by atoms with Gasteiger partial charge >= 0.3 is 12.2 Å². The van der Waals surface area contributed by atoms with Gasteiger partial charge in [-0.15, -0.1) is 5.10 Å². The van der Waals surface area contributed by atoms with Gasteiger partial charge in [0.25, 0.3) is 0 Å². The van der Waals surface area contributed by atoms with Crippen LogP contribution in [0.25, 0.3) is 5.69 Å². The molecule has 12 heteroatoms. The molecule has 3 aromatic rings. The highest BCUT2D eigenvalue weighted by Crippen LogP contribution is 2.38. The van der Waals surface area contributed by atoms with Gasteiger partial charge in [0.1, 0.15) is 0 Å². The molecule has 9 nitrogen and oxygen atoms in total. The Bertz CT molecular complexity index is 1340. The molecule has 0 aliphatic carbocycles. The molecule has 2 aliphatic heterocycles. The summed E-state index contributed by atoms with van der Waals surface area (Å²) in [7, 11) is 0. The molecule has 2 saturated heterocycles. The van der Waals surface area contributed by atoms with Gasteiger partial charge in [0.05, 0.1) is 36.3 Å². The summed E-state index contributed by atoms with van der Waals surface area (Å²) in [6.45, 7) is 10.9. The van der Waals surface area contributed by atoms with E-state index in [9.17, 15) is 18.0 Å². The first-order valence-electron chi connectivity index (χ1n) is 13.9. The number of piperidine rings is 1. The van der Waals surface area contributed by atoms with Gasteiger partial charge in [-0.3, -0.25) is 10.2 Å². The molecule has 2 aromatic carbocycles. The molecule has 2 N–H and O–H groups in total. The first kappa shape index (κ1) is 28.9. The third kappa shape index (κ3) is 6.99. The molecule has 3 heterocycles. The highest BCUT2D eigenvalue weighted by Gasteiger charge is 2.35. The molecule has 41 heavy (non-hydrogen) atoms. The summed E-state index contributed by atoms with van der Waals surface area (Å²) < 4.78 is 49.0. The van der Waals surface area contributed by atoms with Gasteiger partial charge < -0.3 is 15.0 Å². The minimum absolute atomic E-state index is 0.000939. The van der Waals surface area contributed by atoms with Crippen molar-refractivity contribution in [1.29, 1.82) is 0 Å². The molecule has 0 radical (unpaired) electrons. The van der Waals surface area contributed by atoms with E-state index in [0.29, 0.717) is 24.8 Å². The number of nitrogens with zero attached hydrogens (tertiary/aromatic N) is 5. The third-order valence-corrected chi connectivity index (χ3v) is 7.68. The van der Waals surface area contributed by atoms with Crippen LogP contribution in [0.1, 0.15) is 44.7 Å². The second-order valence-electron chi connectivity index (χ2n) is 11.5. The van der Waals surface area contributed by atoms with Crippen molar-refractivity contribution in [3.8, 4) is 5.69 Å². The predicted molar refractivity (Wildman–Crippen MR) is 152 cm³/mol. The standard InChI is InChI=1S/C29H36F3N7O2/c1-28(2,3)20-4-6-22(7-5-20)39-19-26(35-36-39)34-27(40)33-25-9-8-23(18-24(25)29(30,31)32)37-12-10-21(11-13-37)38-14-16-41-17-15-38/h4-9,18-19,21H,10-17H2,1-3H3,(H2,33,34,40). The third-order valence-electron chi connectivity index (χ3n) is 7.68. The average molecular weight is 572 g/mol. The van der Waals surface area contributed by atoms with E-state index in [0.717, 1.165) is 56.5 Å². The fraction of sp³-hybridized carbons (Fsp3) is 0.483. The fourth-order valence-electron chi connectivity index (χ4n) is 5.34. The number of alkyl halides is 3. The van der Waals surface area contributed by atoms with Crippen LogP contribution in [-0.2, 0) is 16.3 Å². The van der Waals surface area contributed by atoms with E-state index in [4.69, 9.17) is 4.74 Å². The van der Waals surface area contributed by atoms with Gasteiger partial charge in [0.15, 0.2) is 5.82 Å². The maximum absolute atomic E-state index is 14.0. The van der Waals surface area contributed by atoms with Crippen molar-refractivity contribution in [3.63, 3.8) is 0 Å². The minimum Gasteiger partial charge on any atom is -0.379 e. The van der Waals surface area contributed by atoms with Crippen molar-refractivity contribution in [2.45, 2.75) is 51.2 Å². The van der Waals surface area contributed by atoms with Crippen LogP contribution >= 0.6 is 0 Å². The van der Waals surface area contributed by atoms with E-state index in [1.165, 1.54) is 16.9 Å².